The van der Waals surface area contributed by atoms with Gasteiger partial charge in [0.25, 0.3) is 0 Å². The van der Waals surface area contributed by atoms with Crippen molar-refractivity contribution in [3.63, 3.8) is 0 Å². The van der Waals surface area contributed by atoms with Crippen molar-refractivity contribution in [3.8, 4) is 0 Å². The Labute approximate surface area is 64.6 Å². The first-order valence-electron chi connectivity index (χ1n) is 4.19. The predicted octanol–water partition coefficient (Wildman–Crippen LogP) is 2.90. The summed E-state index contributed by atoms with van der Waals surface area (Å²) in [6.07, 6.45) is 2.47. The van der Waals surface area contributed by atoms with Gasteiger partial charge in [-0.15, -0.1) is 0 Å². The molecule has 0 spiro atoms. The van der Waals surface area contributed by atoms with Gasteiger partial charge in [0.15, 0.2) is 0 Å². The Bertz CT molecular complexity index is 103. The zero-order valence-corrected chi connectivity index (χ0v) is 7.65. The normalized spacial score (nSPS) is 12.7. The summed E-state index contributed by atoms with van der Waals surface area (Å²) in [4.78, 5) is 4.43. The van der Waals surface area contributed by atoms with Gasteiger partial charge in [-0.2, -0.15) is 0 Å². The summed E-state index contributed by atoms with van der Waals surface area (Å²) in [5.41, 5.74) is 1.29. The fourth-order valence-corrected chi connectivity index (χ4v) is 0.596. The SMILES string of the molecule is CCCC/N=C(\C)C(C)C. The monoisotopic (exact) mass is 141 g/mol. The van der Waals surface area contributed by atoms with E-state index in [4.69, 9.17) is 0 Å². The Kier molecular flexibility index (Phi) is 5.27. The molecule has 0 aromatic rings. The van der Waals surface area contributed by atoms with E-state index in [1.165, 1.54) is 18.6 Å². The van der Waals surface area contributed by atoms with Crippen molar-refractivity contribution in [2.24, 2.45) is 10.9 Å². The summed E-state index contributed by atoms with van der Waals surface area (Å²) in [6, 6.07) is 0. The van der Waals surface area contributed by atoms with E-state index in [-0.39, 0.29) is 0 Å². The average Bonchev–Trinajstić information content (AvgIpc) is 1.88. The summed E-state index contributed by atoms with van der Waals surface area (Å²) in [5.74, 6) is 0.622. The minimum atomic E-state index is 0.622. The van der Waals surface area contributed by atoms with Crippen LogP contribution >= 0.6 is 0 Å². The van der Waals surface area contributed by atoms with Crippen LogP contribution in [0.1, 0.15) is 40.5 Å². The van der Waals surface area contributed by atoms with Gasteiger partial charge in [-0.05, 0) is 19.3 Å². The number of hydrogen-bond donors (Lipinski definition) is 0. The highest BCUT2D eigenvalue weighted by molar-refractivity contribution is 5.83. The molecule has 0 aliphatic rings. The van der Waals surface area contributed by atoms with E-state index in [2.05, 4.69) is 32.7 Å². The fourth-order valence-electron chi connectivity index (χ4n) is 0.596. The molecule has 0 atom stereocenters. The first kappa shape index (κ1) is 9.67. The third-order valence-corrected chi connectivity index (χ3v) is 1.71. The Morgan fingerprint density at radius 1 is 1.40 bits per heavy atom. The molecule has 0 unspecified atom stereocenters. The van der Waals surface area contributed by atoms with Crippen LogP contribution in [0.3, 0.4) is 0 Å². The first-order chi connectivity index (χ1) is 4.68. The molecule has 0 rings (SSSR count). The van der Waals surface area contributed by atoms with E-state index >= 15 is 0 Å². The van der Waals surface area contributed by atoms with Crippen LogP contribution in [0.5, 0.6) is 0 Å². The van der Waals surface area contributed by atoms with Gasteiger partial charge in [0.2, 0.25) is 0 Å². The number of hydrogen-bond acceptors (Lipinski definition) is 1. The standard InChI is InChI=1S/C9H19N/c1-5-6-7-10-9(4)8(2)3/h8H,5-7H2,1-4H3/b10-9+. The molecule has 0 N–H and O–H groups in total. The molecular weight excluding hydrogens is 122 g/mol. The highest BCUT2D eigenvalue weighted by Crippen LogP contribution is 1.97. The van der Waals surface area contributed by atoms with Crippen molar-refractivity contribution in [2.75, 3.05) is 6.54 Å². The quantitative estimate of drug-likeness (QED) is 0.421. The van der Waals surface area contributed by atoms with Gasteiger partial charge in [0.1, 0.15) is 0 Å². The zero-order chi connectivity index (χ0) is 7.98. The van der Waals surface area contributed by atoms with Crippen LogP contribution in [0.25, 0.3) is 0 Å². The van der Waals surface area contributed by atoms with Crippen molar-refractivity contribution < 1.29 is 0 Å². The Balaban J connectivity index is 3.48. The number of rotatable bonds is 4. The number of aliphatic imine (C=N–C) groups is 1. The molecule has 10 heavy (non-hydrogen) atoms. The average molecular weight is 141 g/mol. The molecule has 1 nitrogen and oxygen atoms in total. The van der Waals surface area contributed by atoms with Crippen LogP contribution in [-0.2, 0) is 0 Å². The largest absolute Gasteiger partial charge is 0.294 e. The van der Waals surface area contributed by atoms with Crippen molar-refractivity contribution in [3.05, 3.63) is 0 Å². The van der Waals surface area contributed by atoms with Crippen LogP contribution in [0.2, 0.25) is 0 Å². The van der Waals surface area contributed by atoms with Crippen molar-refractivity contribution >= 4 is 5.71 Å². The summed E-state index contributed by atoms with van der Waals surface area (Å²) in [5, 5.41) is 0. The Morgan fingerprint density at radius 2 is 2.00 bits per heavy atom. The van der Waals surface area contributed by atoms with E-state index in [9.17, 15) is 0 Å². The van der Waals surface area contributed by atoms with Crippen LogP contribution in [0.4, 0.5) is 0 Å². The summed E-state index contributed by atoms with van der Waals surface area (Å²) < 4.78 is 0. The molecule has 0 aromatic carbocycles. The summed E-state index contributed by atoms with van der Waals surface area (Å²) >= 11 is 0. The molecule has 0 amide bonds. The van der Waals surface area contributed by atoms with Crippen LogP contribution in [0, 0.1) is 5.92 Å². The summed E-state index contributed by atoms with van der Waals surface area (Å²) in [7, 11) is 0. The molecule has 0 heterocycles. The molecule has 0 aromatic heterocycles. The van der Waals surface area contributed by atoms with Gasteiger partial charge in [-0.1, -0.05) is 27.2 Å². The van der Waals surface area contributed by atoms with Gasteiger partial charge in [-0.3, -0.25) is 4.99 Å². The lowest BCUT2D eigenvalue weighted by Gasteiger charge is -2.02. The molecule has 0 fully saturated rings. The summed E-state index contributed by atoms with van der Waals surface area (Å²) in [6.45, 7) is 9.69. The molecule has 0 saturated heterocycles. The molecule has 0 saturated carbocycles. The number of nitrogens with zero attached hydrogens (tertiary/aromatic N) is 1. The van der Waals surface area contributed by atoms with Gasteiger partial charge in [0, 0.05) is 12.3 Å². The van der Waals surface area contributed by atoms with E-state index in [0.29, 0.717) is 5.92 Å². The lowest BCUT2D eigenvalue weighted by atomic mass is 10.1. The lowest BCUT2D eigenvalue weighted by molar-refractivity contribution is 0.789. The Morgan fingerprint density at radius 3 is 2.40 bits per heavy atom. The van der Waals surface area contributed by atoms with E-state index in [1.807, 2.05) is 0 Å². The Hall–Kier alpha value is -0.330. The first-order valence-corrected chi connectivity index (χ1v) is 4.19. The molecule has 0 bridgehead atoms. The molecular formula is C9H19N. The van der Waals surface area contributed by atoms with Crippen molar-refractivity contribution in [1.29, 1.82) is 0 Å². The van der Waals surface area contributed by atoms with Gasteiger partial charge >= 0.3 is 0 Å². The minimum absolute atomic E-state index is 0.622. The zero-order valence-electron chi connectivity index (χ0n) is 7.65. The second-order valence-corrected chi connectivity index (χ2v) is 3.03. The smallest absolute Gasteiger partial charge is 0.0388 e. The third kappa shape index (κ3) is 4.54. The third-order valence-electron chi connectivity index (χ3n) is 1.71. The highest BCUT2D eigenvalue weighted by atomic mass is 14.7. The van der Waals surface area contributed by atoms with Crippen molar-refractivity contribution in [2.45, 2.75) is 40.5 Å². The maximum Gasteiger partial charge on any atom is 0.0388 e. The minimum Gasteiger partial charge on any atom is -0.294 e. The molecule has 0 radical (unpaired) electrons. The number of unbranched alkanes of at least 4 members (excludes halogenated alkanes) is 1. The molecule has 60 valence electrons. The maximum atomic E-state index is 4.43. The molecule has 0 aliphatic carbocycles. The fraction of sp³-hybridized carbons (Fsp3) is 0.889. The molecule has 1 heteroatoms. The molecule has 0 aliphatic heterocycles. The maximum absolute atomic E-state index is 4.43. The van der Waals surface area contributed by atoms with E-state index < -0.39 is 0 Å². The van der Waals surface area contributed by atoms with E-state index in [1.54, 1.807) is 0 Å². The van der Waals surface area contributed by atoms with Crippen molar-refractivity contribution in [1.82, 2.24) is 0 Å². The van der Waals surface area contributed by atoms with Gasteiger partial charge in [0.05, 0.1) is 0 Å². The van der Waals surface area contributed by atoms with Gasteiger partial charge in [-0.25, -0.2) is 0 Å². The lowest BCUT2D eigenvalue weighted by Crippen LogP contribution is -2.02. The van der Waals surface area contributed by atoms with Crippen LogP contribution in [-0.4, -0.2) is 12.3 Å². The van der Waals surface area contributed by atoms with E-state index in [0.717, 1.165) is 6.54 Å². The van der Waals surface area contributed by atoms with Gasteiger partial charge < -0.3 is 0 Å². The second-order valence-electron chi connectivity index (χ2n) is 3.03. The van der Waals surface area contributed by atoms with Crippen LogP contribution in [0.15, 0.2) is 4.99 Å². The van der Waals surface area contributed by atoms with Crippen LogP contribution < -0.4 is 0 Å². The second kappa shape index (κ2) is 5.45. The highest BCUT2D eigenvalue weighted by Gasteiger charge is 1.95. The topological polar surface area (TPSA) is 12.4 Å². The predicted molar refractivity (Wildman–Crippen MR) is 47.7 cm³/mol.